The van der Waals surface area contributed by atoms with Crippen molar-refractivity contribution >= 4 is 23.8 Å². The lowest BCUT2D eigenvalue weighted by Crippen LogP contribution is -2.47. The lowest BCUT2D eigenvalue weighted by Gasteiger charge is -2.13. The Morgan fingerprint density at radius 1 is 1.11 bits per heavy atom. The van der Waals surface area contributed by atoms with E-state index in [2.05, 4.69) is 10.6 Å². The fourth-order valence-electron chi connectivity index (χ4n) is 1.08. The Kier molecular flexibility index (Phi) is 6.86. The highest BCUT2D eigenvalue weighted by atomic mass is 16.4. The number of rotatable bonds is 8. The second-order valence-electron chi connectivity index (χ2n) is 3.53. The number of amides is 4. The summed E-state index contributed by atoms with van der Waals surface area (Å²) in [5, 5.41) is 13.1. The van der Waals surface area contributed by atoms with E-state index in [0.29, 0.717) is 6.42 Å². The molecule has 0 rings (SSSR count). The van der Waals surface area contributed by atoms with Crippen LogP contribution in [0.2, 0.25) is 0 Å². The Labute approximate surface area is 103 Å². The van der Waals surface area contributed by atoms with Gasteiger partial charge in [0, 0.05) is 13.0 Å². The minimum Gasteiger partial charge on any atom is -0.480 e. The number of urea groups is 1. The molecule has 0 unspecified atom stereocenters. The average molecular weight is 260 g/mol. The molecule has 0 fully saturated rings. The molecule has 0 heterocycles. The number of nitrogens with one attached hydrogen (secondary N) is 2. The summed E-state index contributed by atoms with van der Waals surface area (Å²) in [6, 6.07) is -2.13. The van der Waals surface area contributed by atoms with E-state index in [1.54, 1.807) is 0 Å². The summed E-state index contributed by atoms with van der Waals surface area (Å²) in [6.45, 7) is 0.164. The first kappa shape index (κ1) is 15.7. The zero-order chi connectivity index (χ0) is 14.1. The first-order chi connectivity index (χ1) is 8.32. The van der Waals surface area contributed by atoms with Crippen molar-refractivity contribution in [2.75, 3.05) is 6.54 Å². The summed E-state index contributed by atoms with van der Waals surface area (Å²) in [5.41, 5.74) is 9.72. The summed E-state index contributed by atoms with van der Waals surface area (Å²) in [4.78, 5) is 42.9. The Balaban J connectivity index is 3.99. The fraction of sp³-hybridized carbons (Fsp3) is 0.556. The van der Waals surface area contributed by atoms with Crippen molar-refractivity contribution in [3.63, 3.8) is 0 Å². The van der Waals surface area contributed by atoms with Crippen molar-refractivity contribution < 1.29 is 24.3 Å². The molecule has 0 aliphatic heterocycles. The van der Waals surface area contributed by atoms with Gasteiger partial charge in [-0.25, -0.2) is 9.59 Å². The zero-order valence-electron chi connectivity index (χ0n) is 9.64. The number of hydrogen-bond acceptors (Lipinski definition) is 4. The minimum atomic E-state index is -1.38. The molecule has 0 aromatic rings. The molecule has 9 heteroatoms. The molecule has 0 aromatic heterocycles. The van der Waals surface area contributed by atoms with Gasteiger partial charge in [-0.2, -0.15) is 0 Å². The number of carboxylic acid groups (broad SMARTS) is 1. The van der Waals surface area contributed by atoms with Crippen LogP contribution in [0, 0.1) is 0 Å². The Morgan fingerprint density at radius 2 is 1.72 bits per heavy atom. The normalized spacial score (nSPS) is 11.3. The molecule has 0 aromatic carbocycles. The smallest absolute Gasteiger partial charge is 0.326 e. The van der Waals surface area contributed by atoms with Crippen LogP contribution in [0.4, 0.5) is 4.79 Å². The van der Waals surface area contributed by atoms with Gasteiger partial charge in [0.1, 0.15) is 6.04 Å². The maximum Gasteiger partial charge on any atom is 0.326 e. The van der Waals surface area contributed by atoms with E-state index in [9.17, 15) is 19.2 Å². The Bertz CT molecular complexity index is 344. The average Bonchev–Trinajstić information content (AvgIpc) is 2.22. The van der Waals surface area contributed by atoms with Crippen LogP contribution in [0.5, 0.6) is 0 Å². The molecule has 18 heavy (non-hydrogen) atoms. The number of carboxylic acids is 1. The van der Waals surface area contributed by atoms with Gasteiger partial charge in [0.15, 0.2) is 0 Å². The standard InChI is InChI=1S/C9H16N4O5/c10-6(14)2-1-3-12-9(18)13-5(8(16)17)4-7(11)15/h5H,1-4H2,(H2,10,14)(H2,11,15)(H,16,17)(H2,12,13,18)/t5-/m0/s1. The van der Waals surface area contributed by atoms with E-state index in [-0.39, 0.29) is 13.0 Å². The van der Waals surface area contributed by atoms with E-state index < -0.39 is 36.3 Å². The van der Waals surface area contributed by atoms with Gasteiger partial charge in [-0.1, -0.05) is 0 Å². The van der Waals surface area contributed by atoms with Gasteiger partial charge in [-0.05, 0) is 6.42 Å². The van der Waals surface area contributed by atoms with Crippen LogP contribution >= 0.6 is 0 Å². The van der Waals surface area contributed by atoms with Crippen LogP contribution in [-0.2, 0) is 14.4 Å². The van der Waals surface area contributed by atoms with Crippen LogP contribution in [0.1, 0.15) is 19.3 Å². The minimum absolute atomic E-state index is 0.115. The summed E-state index contributed by atoms with van der Waals surface area (Å²) < 4.78 is 0. The van der Waals surface area contributed by atoms with Crippen LogP contribution < -0.4 is 22.1 Å². The van der Waals surface area contributed by atoms with Gasteiger partial charge in [0.25, 0.3) is 0 Å². The summed E-state index contributed by atoms with van der Waals surface area (Å²) >= 11 is 0. The topological polar surface area (TPSA) is 165 Å². The summed E-state index contributed by atoms with van der Waals surface area (Å²) in [5.74, 6) is -2.69. The first-order valence-corrected chi connectivity index (χ1v) is 5.16. The van der Waals surface area contributed by atoms with E-state index in [4.69, 9.17) is 16.6 Å². The van der Waals surface area contributed by atoms with E-state index in [0.717, 1.165) is 0 Å². The molecule has 4 amide bonds. The van der Waals surface area contributed by atoms with Crippen LogP contribution in [0.15, 0.2) is 0 Å². The molecule has 9 nitrogen and oxygen atoms in total. The molecule has 0 radical (unpaired) electrons. The lowest BCUT2D eigenvalue weighted by molar-refractivity contribution is -0.140. The predicted octanol–water partition coefficient (Wildman–Crippen LogP) is -2.12. The van der Waals surface area contributed by atoms with Gasteiger partial charge in [0.2, 0.25) is 11.8 Å². The molecular formula is C9H16N4O5. The first-order valence-electron chi connectivity index (χ1n) is 5.16. The van der Waals surface area contributed by atoms with Gasteiger partial charge in [-0.15, -0.1) is 0 Å². The number of nitrogens with two attached hydrogens (primary N) is 2. The molecular weight excluding hydrogens is 244 g/mol. The molecule has 0 saturated heterocycles. The van der Waals surface area contributed by atoms with Crippen molar-refractivity contribution in [1.29, 1.82) is 0 Å². The number of carbonyl (C=O) groups excluding carboxylic acids is 3. The molecule has 0 bridgehead atoms. The second-order valence-corrected chi connectivity index (χ2v) is 3.53. The highest BCUT2D eigenvalue weighted by Gasteiger charge is 2.21. The van der Waals surface area contributed by atoms with E-state index >= 15 is 0 Å². The van der Waals surface area contributed by atoms with Gasteiger partial charge >= 0.3 is 12.0 Å². The third-order valence-corrected chi connectivity index (χ3v) is 1.89. The largest absolute Gasteiger partial charge is 0.480 e. The molecule has 0 saturated carbocycles. The van der Waals surface area contributed by atoms with Crippen molar-refractivity contribution in [2.45, 2.75) is 25.3 Å². The fourth-order valence-corrected chi connectivity index (χ4v) is 1.08. The molecule has 102 valence electrons. The molecule has 0 aliphatic carbocycles. The van der Waals surface area contributed by atoms with Crippen molar-refractivity contribution in [1.82, 2.24) is 10.6 Å². The lowest BCUT2D eigenvalue weighted by atomic mass is 10.2. The second kappa shape index (κ2) is 7.87. The van der Waals surface area contributed by atoms with E-state index in [1.807, 2.05) is 0 Å². The van der Waals surface area contributed by atoms with Crippen molar-refractivity contribution in [3.8, 4) is 0 Å². The third kappa shape index (κ3) is 7.91. The quantitative estimate of drug-likeness (QED) is 0.314. The summed E-state index contributed by atoms with van der Waals surface area (Å²) in [6.07, 6.45) is -0.0374. The van der Waals surface area contributed by atoms with Crippen molar-refractivity contribution in [2.24, 2.45) is 11.5 Å². The molecule has 0 spiro atoms. The zero-order valence-corrected chi connectivity index (χ0v) is 9.64. The van der Waals surface area contributed by atoms with Gasteiger partial charge < -0.3 is 27.2 Å². The Morgan fingerprint density at radius 3 is 2.17 bits per heavy atom. The number of aliphatic carboxylic acids is 1. The number of carbonyl (C=O) groups is 4. The SMILES string of the molecule is NC(=O)CCCNC(=O)N[C@@H](CC(N)=O)C(=O)O. The predicted molar refractivity (Wildman–Crippen MR) is 60.2 cm³/mol. The van der Waals surface area contributed by atoms with Gasteiger partial charge in [-0.3, -0.25) is 9.59 Å². The van der Waals surface area contributed by atoms with Crippen molar-refractivity contribution in [3.05, 3.63) is 0 Å². The highest BCUT2D eigenvalue weighted by Crippen LogP contribution is 1.92. The van der Waals surface area contributed by atoms with Crippen LogP contribution in [0.3, 0.4) is 0 Å². The van der Waals surface area contributed by atoms with Crippen LogP contribution in [-0.4, -0.2) is 41.5 Å². The molecule has 7 N–H and O–H groups in total. The van der Waals surface area contributed by atoms with Gasteiger partial charge in [0.05, 0.1) is 6.42 Å². The molecule has 1 atom stereocenters. The third-order valence-electron chi connectivity index (χ3n) is 1.89. The Hall–Kier alpha value is -2.32. The number of primary amides is 2. The highest BCUT2D eigenvalue weighted by molar-refractivity contribution is 5.87. The molecule has 0 aliphatic rings. The monoisotopic (exact) mass is 260 g/mol. The summed E-state index contributed by atoms with van der Waals surface area (Å²) in [7, 11) is 0. The number of hydrogen-bond donors (Lipinski definition) is 5. The van der Waals surface area contributed by atoms with E-state index in [1.165, 1.54) is 0 Å². The maximum absolute atomic E-state index is 11.2. The van der Waals surface area contributed by atoms with Crippen LogP contribution in [0.25, 0.3) is 0 Å². The maximum atomic E-state index is 11.2.